The van der Waals surface area contributed by atoms with E-state index >= 15 is 0 Å². The maximum Gasteiger partial charge on any atom is 0.330 e. The van der Waals surface area contributed by atoms with Crippen LogP contribution in [-0.2, 0) is 9.53 Å². The van der Waals surface area contributed by atoms with Crippen LogP contribution in [0.3, 0.4) is 0 Å². The third-order valence-corrected chi connectivity index (χ3v) is 2.34. The number of ether oxygens (including phenoxy) is 1. The van der Waals surface area contributed by atoms with Crippen LogP contribution < -0.4 is 0 Å². The van der Waals surface area contributed by atoms with Crippen molar-refractivity contribution in [2.24, 2.45) is 5.92 Å². The quantitative estimate of drug-likeness (QED) is 0.467. The SMILES string of the molecule is C=CC(=O)OC1CCCC(C)C1. The van der Waals surface area contributed by atoms with Crippen LogP contribution in [0.4, 0.5) is 0 Å². The van der Waals surface area contributed by atoms with E-state index < -0.39 is 0 Å². The lowest BCUT2D eigenvalue weighted by Crippen LogP contribution is -2.23. The van der Waals surface area contributed by atoms with Gasteiger partial charge in [0.2, 0.25) is 0 Å². The monoisotopic (exact) mass is 168 g/mol. The van der Waals surface area contributed by atoms with Crippen molar-refractivity contribution in [3.63, 3.8) is 0 Å². The van der Waals surface area contributed by atoms with Gasteiger partial charge in [-0.15, -0.1) is 0 Å². The summed E-state index contributed by atoms with van der Waals surface area (Å²) >= 11 is 0. The van der Waals surface area contributed by atoms with Gasteiger partial charge in [0.05, 0.1) is 0 Å². The van der Waals surface area contributed by atoms with Gasteiger partial charge in [-0.05, 0) is 25.2 Å². The van der Waals surface area contributed by atoms with Crippen LogP contribution in [-0.4, -0.2) is 12.1 Å². The molecule has 68 valence electrons. The lowest BCUT2D eigenvalue weighted by Gasteiger charge is -2.25. The van der Waals surface area contributed by atoms with E-state index in [-0.39, 0.29) is 12.1 Å². The van der Waals surface area contributed by atoms with Gasteiger partial charge in [0.15, 0.2) is 0 Å². The summed E-state index contributed by atoms with van der Waals surface area (Å²) in [6.45, 7) is 5.57. The lowest BCUT2D eigenvalue weighted by molar-refractivity contribution is -0.145. The van der Waals surface area contributed by atoms with Gasteiger partial charge >= 0.3 is 5.97 Å². The Morgan fingerprint density at radius 2 is 2.33 bits per heavy atom. The van der Waals surface area contributed by atoms with Crippen LogP contribution in [0.5, 0.6) is 0 Å². The molecule has 0 spiro atoms. The molecule has 0 radical (unpaired) electrons. The average molecular weight is 168 g/mol. The summed E-state index contributed by atoms with van der Waals surface area (Å²) in [4.78, 5) is 10.8. The Morgan fingerprint density at radius 3 is 2.92 bits per heavy atom. The first kappa shape index (κ1) is 9.30. The molecular weight excluding hydrogens is 152 g/mol. The van der Waals surface area contributed by atoms with Crippen molar-refractivity contribution < 1.29 is 9.53 Å². The van der Waals surface area contributed by atoms with E-state index in [4.69, 9.17) is 4.74 Å². The number of hydrogen-bond acceptors (Lipinski definition) is 2. The van der Waals surface area contributed by atoms with E-state index in [0.717, 1.165) is 12.8 Å². The van der Waals surface area contributed by atoms with Crippen LogP contribution in [0, 0.1) is 5.92 Å². The molecule has 1 aliphatic carbocycles. The molecular formula is C10H16O2. The van der Waals surface area contributed by atoms with Crippen LogP contribution in [0.2, 0.25) is 0 Å². The molecule has 0 aliphatic heterocycles. The Morgan fingerprint density at radius 1 is 1.58 bits per heavy atom. The minimum atomic E-state index is -0.283. The van der Waals surface area contributed by atoms with Crippen molar-refractivity contribution in [2.45, 2.75) is 38.7 Å². The molecule has 2 atom stereocenters. The Labute approximate surface area is 73.6 Å². The minimum absolute atomic E-state index is 0.138. The minimum Gasteiger partial charge on any atom is -0.459 e. The normalized spacial score (nSPS) is 29.4. The highest BCUT2D eigenvalue weighted by atomic mass is 16.5. The van der Waals surface area contributed by atoms with E-state index in [9.17, 15) is 4.79 Å². The summed E-state index contributed by atoms with van der Waals surface area (Å²) in [5.41, 5.74) is 0. The van der Waals surface area contributed by atoms with Gasteiger partial charge in [-0.25, -0.2) is 4.79 Å². The predicted octanol–water partition coefficient (Wildman–Crippen LogP) is 2.29. The first-order valence-electron chi connectivity index (χ1n) is 4.55. The summed E-state index contributed by atoms with van der Waals surface area (Å²) < 4.78 is 5.15. The van der Waals surface area contributed by atoms with Gasteiger partial charge in [0.1, 0.15) is 6.10 Å². The van der Waals surface area contributed by atoms with E-state index in [2.05, 4.69) is 13.5 Å². The number of rotatable bonds is 2. The van der Waals surface area contributed by atoms with Crippen LogP contribution >= 0.6 is 0 Å². The largest absolute Gasteiger partial charge is 0.459 e. The average Bonchev–Trinajstić information content (AvgIpc) is 2.04. The summed E-state index contributed by atoms with van der Waals surface area (Å²) in [6, 6.07) is 0. The van der Waals surface area contributed by atoms with Gasteiger partial charge < -0.3 is 4.74 Å². The van der Waals surface area contributed by atoms with Crippen molar-refractivity contribution >= 4 is 5.97 Å². The fourth-order valence-electron chi connectivity index (χ4n) is 1.70. The molecule has 1 fully saturated rings. The van der Waals surface area contributed by atoms with Gasteiger partial charge in [-0.2, -0.15) is 0 Å². The van der Waals surface area contributed by atoms with Crippen molar-refractivity contribution in [1.82, 2.24) is 0 Å². The summed E-state index contributed by atoms with van der Waals surface area (Å²) in [5, 5.41) is 0. The third kappa shape index (κ3) is 2.68. The fraction of sp³-hybridized carbons (Fsp3) is 0.700. The fourth-order valence-corrected chi connectivity index (χ4v) is 1.70. The first-order chi connectivity index (χ1) is 5.72. The standard InChI is InChI=1S/C10H16O2/c1-3-10(11)12-9-6-4-5-8(2)7-9/h3,8-9H,1,4-7H2,2H3. The number of hydrogen-bond donors (Lipinski definition) is 0. The molecule has 0 aromatic heterocycles. The van der Waals surface area contributed by atoms with Crippen molar-refractivity contribution in [3.05, 3.63) is 12.7 Å². The highest BCUT2D eigenvalue weighted by Crippen LogP contribution is 2.25. The molecule has 0 aromatic carbocycles. The number of carbonyl (C=O) groups excluding carboxylic acids is 1. The Balaban J connectivity index is 2.31. The van der Waals surface area contributed by atoms with Crippen molar-refractivity contribution in [3.8, 4) is 0 Å². The molecule has 1 aliphatic rings. The first-order valence-corrected chi connectivity index (χ1v) is 4.55. The van der Waals surface area contributed by atoms with Gasteiger partial charge in [-0.1, -0.05) is 19.9 Å². The number of esters is 1. The third-order valence-electron chi connectivity index (χ3n) is 2.34. The molecule has 0 bridgehead atoms. The van der Waals surface area contributed by atoms with Gasteiger partial charge in [0, 0.05) is 6.08 Å². The maximum absolute atomic E-state index is 10.8. The maximum atomic E-state index is 10.8. The molecule has 1 saturated carbocycles. The van der Waals surface area contributed by atoms with Crippen LogP contribution in [0.25, 0.3) is 0 Å². The molecule has 0 heterocycles. The van der Waals surface area contributed by atoms with Crippen LogP contribution in [0.15, 0.2) is 12.7 Å². The molecule has 1 rings (SSSR count). The summed E-state index contributed by atoms with van der Waals surface area (Å²) in [6.07, 6.45) is 5.85. The molecule has 0 N–H and O–H groups in total. The summed E-state index contributed by atoms with van der Waals surface area (Å²) in [7, 11) is 0. The second-order valence-corrected chi connectivity index (χ2v) is 3.53. The summed E-state index contributed by atoms with van der Waals surface area (Å²) in [5.74, 6) is 0.412. The second-order valence-electron chi connectivity index (χ2n) is 3.53. The molecule has 2 heteroatoms. The zero-order chi connectivity index (χ0) is 8.97. The molecule has 2 unspecified atom stereocenters. The topological polar surface area (TPSA) is 26.3 Å². The van der Waals surface area contributed by atoms with E-state index in [0.29, 0.717) is 5.92 Å². The molecule has 0 saturated heterocycles. The molecule has 0 amide bonds. The zero-order valence-corrected chi connectivity index (χ0v) is 7.58. The molecule has 0 aromatic rings. The Kier molecular flexibility index (Phi) is 3.32. The van der Waals surface area contributed by atoms with E-state index in [1.165, 1.54) is 18.9 Å². The van der Waals surface area contributed by atoms with Gasteiger partial charge in [-0.3, -0.25) is 0 Å². The van der Waals surface area contributed by atoms with E-state index in [1.807, 2.05) is 0 Å². The second kappa shape index (κ2) is 4.29. The van der Waals surface area contributed by atoms with Gasteiger partial charge in [0.25, 0.3) is 0 Å². The van der Waals surface area contributed by atoms with Crippen molar-refractivity contribution in [2.75, 3.05) is 0 Å². The van der Waals surface area contributed by atoms with Crippen molar-refractivity contribution in [1.29, 1.82) is 0 Å². The highest BCUT2D eigenvalue weighted by Gasteiger charge is 2.20. The zero-order valence-electron chi connectivity index (χ0n) is 7.58. The molecule has 2 nitrogen and oxygen atoms in total. The van der Waals surface area contributed by atoms with Crippen LogP contribution in [0.1, 0.15) is 32.6 Å². The smallest absolute Gasteiger partial charge is 0.330 e. The number of carbonyl (C=O) groups is 1. The highest BCUT2D eigenvalue weighted by molar-refractivity contribution is 5.81. The van der Waals surface area contributed by atoms with E-state index in [1.54, 1.807) is 0 Å². The lowest BCUT2D eigenvalue weighted by atomic mass is 9.89. The molecule has 12 heavy (non-hydrogen) atoms. The Hall–Kier alpha value is -0.790. The Bertz CT molecular complexity index is 175. The predicted molar refractivity (Wildman–Crippen MR) is 47.7 cm³/mol.